The first kappa shape index (κ1) is 19.4. The van der Waals surface area contributed by atoms with E-state index in [9.17, 15) is 4.79 Å². The van der Waals surface area contributed by atoms with Crippen LogP contribution in [0.3, 0.4) is 0 Å². The van der Waals surface area contributed by atoms with Gasteiger partial charge in [-0.15, -0.1) is 0 Å². The van der Waals surface area contributed by atoms with E-state index in [1.54, 1.807) is 10.7 Å². The molecule has 2 aromatic heterocycles. The number of aromatic nitrogens is 3. The number of nitrogens with two attached hydrogens (primary N) is 2. The van der Waals surface area contributed by atoms with Gasteiger partial charge in [0.1, 0.15) is 11.9 Å². The van der Waals surface area contributed by atoms with E-state index in [0.29, 0.717) is 24.4 Å². The SMILES string of the molecule is CC(C)(N)c1ccc(-c2cnn3c(N)cc(C4CCC(C(=O)O)NC4)nc23)cc1. The van der Waals surface area contributed by atoms with Crippen LogP contribution >= 0.6 is 0 Å². The van der Waals surface area contributed by atoms with Gasteiger partial charge in [0.2, 0.25) is 0 Å². The molecule has 0 spiro atoms. The van der Waals surface area contributed by atoms with Crippen LogP contribution < -0.4 is 16.8 Å². The Morgan fingerprint density at radius 2 is 2.00 bits per heavy atom. The van der Waals surface area contributed by atoms with Crippen molar-refractivity contribution in [2.75, 3.05) is 12.3 Å². The Hall–Kier alpha value is -2.97. The van der Waals surface area contributed by atoms with Crippen LogP contribution in [0.2, 0.25) is 0 Å². The minimum atomic E-state index is -0.812. The van der Waals surface area contributed by atoms with Crippen LogP contribution in [-0.2, 0) is 10.3 Å². The summed E-state index contributed by atoms with van der Waals surface area (Å²) in [7, 11) is 0. The van der Waals surface area contributed by atoms with Crippen molar-refractivity contribution in [2.45, 2.75) is 44.2 Å². The summed E-state index contributed by atoms with van der Waals surface area (Å²) in [5.41, 5.74) is 16.5. The molecule has 1 fully saturated rings. The number of fused-ring (bicyclic) bond motifs is 1. The summed E-state index contributed by atoms with van der Waals surface area (Å²) in [6.07, 6.45) is 3.08. The maximum absolute atomic E-state index is 11.2. The molecular weight excluding hydrogens is 368 g/mol. The molecule has 1 aromatic carbocycles. The van der Waals surface area contributed by atoms with Crippen LogP contribution in [0.15, 0.2) is 36.5 Å². The first-order chi connectivity index (χ1) is 13.7. The van der Waals surface area contributed by atoms with Crippen molar-refractivity contribution in [3.63, 3.8) is 0 Å². The maximum atomic E-state index is 11.2. The number of nitrogens with one attached hydrogen (secondary N) is 1. The first-order valence-electron chi connectivity index (χ1n) is 9.74. The van der Waals surface area contributed by atoms with Gasteiger partial charge in [0, 0.05) is 29.6 Å². The smallest absolute Gasteiger partial charge is 0.320 e. The number of piperidine rings is 1. The molecule has 0 radical (unpaired) electrons. The number of benzene rings is 1. The third-order valence-corrected chi connectivity index (χ3v) is 5.59. The van der Waals surface area contributed by atoms with Crippen LogP contribution in [0.5, 0.6) is 0 Å². The second-order valence-electron chi connectivity index (χ2n) is 8.27. The lowest BCUT2D eigenvalue weighted by atomic mass is 9.91. The minimum Gasteiger partial charge on any atom is -0.480 e. The predicted octanol–water partition coefficient (Wildman–Crippen LogP) is 2.09. The van der Waals surface area contributed by atoms with Gasteiger partial charge >= 0.3 is 5.97 Å². The van der Waals surface area contributed by atoms with Crippen LogP contribution in [0.4, 0.5) is 5.82 Å². The highest BCUT2D eigenvalue weighted by atomic mass is 16.4. The highest BCUT2D eigenvalue weighted by molar-refractivity contribution is 5.78. The molecule has 4 rings (SSSR count). The van der Waals surface area contributed by atoms with Gasteiger partial charge in [-0.3, -0.25) is 4.79 Å². The van der Waals surface area contributed by atoms with E-state index in [0.717, 1.165) is 28.8 Å². The number of carbonyl (C=O) groups is 1. The fourth-order valence-corrected chi connectivity index (χ4v) is 3.82. The van der Waals surface area contributed by atoms with E-state index in [1.165, 1.54) is 0 Å². The summed E-state index contributed by atoms with van der Waals surface area (Å²) in [4.78, 5) is 16.0. The normalized spacial score (nSPS) is 20.1. The van der Waals surface area contributed by atoms with Gasteiger partial charge in [-0.05, 0) is 37.8 Å². The van der Waals surface area contributed by atoms with Crippen molar-refractivity contribution in [2.24, 2.45) is 5.73 Å². The first-order valence-corrected chi connectivity index (χ1v) is 9.74. The van der Waals surface area contributed by atoms with Gasteiger partial charge in [-0.1, -0.05) is 24.3 Å². The lowest BCUT2D eigenvalue weighted by Gasteiger charge is -2.27. The quantitative estimate of drug-likeness (QED) is 0.533. The zero-order chi connectivity index (χ0) is 20.8. The number of carboxylic acid groups (broad SMARTS) is 1. The molecule has 0 saturated carbocycles. The Balaban J connectivity index is 1.68. The summed E-state index contributed by atoms with van der Waals surface area (Å²) in [5, 5.41) is 16.6. The zero-order valence-corrected chi connectivity index (χ0v) is 16.6. The van der Waals surface area contributed by atoms with E-state index >= 15 is 0 Å². The summed E-state index contributed by atoms with van der Waals surface area (Å²) < 4.78 is 1.63. The number of aliphatic carboxylic acids is 1. The van der Waals surface area contributed by atoms with Crippen LogP contribution in [0.1, 0.15) is 43.9 Å². The summed E-state index contributed by atoms with van der Waals surface area (Å²) >= 11 is 0. The standard InChI is InChI=1S/C21H26N6O2/c1-21(2,23)14-6-3-12(4-7-14)15-11-25-27-18(22)9-17(26-19(15)27)13-5-8-16(20(28)29)24-10-13/h3-4,6-7,9,11,13,16,24H,5,8,10,22-23H2,1-2H3,(H,28,29). The summed E-state index contributed by atoms with van der Waals surface area (Å²) in [6.45, 7) is 4.50. The molecule has 2 unspecified atom stereocenters. The molecule has 3 heterocycles. The molecular formula is C21H26N6O2. The second-order valence-corrected chi connectivity index (χ2v) is 8.27. The third kappa shape index (κ3) is 3.68. The zero-order valence-electron chi connectivity index (χ0n) is 16.6. The second kappa shape index (κ2) is 7.13. The molecule has 3 aromatic rings. The molecule has 152 valence electrons. The topological polar surface area (TPSA) is 132 Å². The number of hydrogen-bond acceptors (Lipinski definition) is 6. The Morgan fingerprint density at radius 1 is 1.28 bits per heavy atom. The van der Waals surface area contributed by atoms with Crippen molar-refractivity contribution in [1.82, 2.24) is 19.9 Å². The molecule has 1 aliphatic heterocycles. The number of nitrogens with zero attached hydrogens (tertiary/aromatic N) is 3. The molecule has 1 saturated heterocycles. The number of nitrogen functional groups attached to an aromatic ring is 1. The fourth-order valence-electron chi connectivity index (χ4n) is 3.82. The number of hydrogen-bond donors (Lipinski definition) is 4. The highest BCUT2D eigenvalue weighted by Crippen LogP contribution is 2.30. The predicted molar refractivity (Wildman–Crippen MR) is 111 cm³/mol. The monoisotopic (exact) mass is 394 g/mol. The van der Waals surface area contributed by atoms with Gasteiger partial charge in [-0.2, -0.15) is 9.61 Å². The van der Waals surface area contributed by atoms with E-state index in [4.69, 9.17) is 21.6 Å². The van der Waals surface area contributed by atoms with Gasteiger partial charge in [0.15, 0.2) is 5.65 Å². The van der Waals surface area contributed by atoms with E-state index in [-0.39, 0.29) is 5.92 Å². The lowest BCUT2D eigenvalue weighted by Crippen LogP contribution is -2.43. The Bertz CT molecular complexity index is 1040. The van der Waals surface area contributed by atoms with Gasteiger partial charge in [0.25, 0.3) is 0 Å². The van der Waals surface area contributed by atoms with Crippen LogP contribution in [0, 0.1) is 0 Å². The number of rotatable bonds is 4. The largest absolute Gasteiger partial charge is 0.480 e. The Kier molecular flexibility index (Phi) is 4.76. The Labute approximate surface area is 168 Å². The number of carboxylic acids is 1. The van der Waals surface area contributed by atoms with Crippen molar-refractivity contribution < 1.29 is 9.90 Å². The van der Waals surface area contributed by atoms with Gasteiger partial charge in [-0.25, -0.2) is 4.98 Å². The average molecular weight is 394 g/mol. The molecule has 0 amide bonds. The van der Waals surface area contributed by atoms with Crippen LogP contribution in [-0.4, -0.2) is 38.3 Å². The molecule has 29 heavy (non-hydrogen) atoms. The molecule has 8 nitrogen and oxygen atoms in total. The maximum Gasteiger partial charge on any atom is 0.320 e. The molecule has 0 bridgehead atoms. The van der Waals surface area contributed by atoms with Gasteiger partial charge in [0.05, 0.1) is 11.9 Å². The van der Waals surface area contributed by atoms with Crippen molar-refractivity contribution in [3.05, 3.63) is 47.8 Å². The molecule has 8 heteroatoms. The summed E-state index contributed by atoms with van der Waals surface area (Å²) in [5.74, 6) is -0.189. The molecule has 2 atom stereocenters. The average Bonchev–Trinajstić information content (AvgIpc) is 3.12. The summed E-state index contributed by atoms with van der Waals surface area (Å²) in [6, 6.07) is 9.41. The van der Waals surface area contributed by atoms with Crippen molar-refractivity contribution in [3.8, 4) is 11.1 Å². The third-order valence-electron chi connectivity index (χ3n) is 5.59. The fraction of sp³-hybridized carbons (Fsp3) is 0.381. The molecule has 1 aliphatic rings. The Morgan fingerprint density at radius 3 is 2.59 bits per heavy atom. The number of anilines is 1. The lowest BCUT2D eigenvalue weighted by molar-refractivity contribution is -0.140. The van der Waals surface area contributed by atoms with Crippen molar-refractivity contribution in [1.29, 1.82) is 0 Å². The minimum absolute atomic E-state index is 0.112. The molecule has 0 aliphatic carbocycles. The van der Waals surface area contributed by atoms with Gasteiger partial charge < -0.3 is 21.9 Å². The van der Waals surface area contributed by atoms with E-state index < -0.39 is 17.6 Å². The van der Waals surface area contributed by atoms with Crippen molar-refractivity contribution >= 4 is 17.4 Å². The van der Waals surface area contributed by atoms with E-state index in [2.05, 4.69) is 10.4 Å². The highest BCUT2D eigenvalue weighted by Gasteiger charge is 2.27. The van der Waals surface area contributed by atoms with E-state index in [1.807, 2.05) is 44.2 Å². The van der Waals surface area contributed by atoms with Crippen LogP contribution in [0.25, 0.3) is 16.8 Å². The molecule has 6 N–H and O–H groups in total.